The summed E-state index contributed by atoms with van der Waals surface area (Å²) in [5.74, 6) is 1.08. The van der Waals surface area contributed by atoms with Gasteiger partial charge in [0.15, 0.2) is 5.78 Å². The number of ketones is 1. The van der Waals surface area contributed by atoms with E-state index >= 15 is 0 Å². The van der Waals surface area contributed by atoms with E-state index in [0.29, 0.717) is 17.7 Å². The number of ether oxygens (including phenoxy) is 1. The fourth-order valence-electron chi connectivity index (χ4n) is 3.14. The van der Waals surface area contributed by atoms with Crippen molar-refractivity contribution >= 4 is 22.7 Å². The first-order valence-corrected chi connectivity index (χ1v) is 7.18. The van der Waals surface area contributed by atoms with Crippen LogP contribution in [0.15, 0.2) is 4.42 Å². The maximum Gasteiger partial charge on any atom is 0.308 e. The third-order valence-electron chi connectivity index (χ3n) is 4.27. The Morgan fingerprint density at radius 2 is 1.81 bits per heavy atom. The van der Waals surface area contributed by atoms with Gasteiger partial charge in [-0.3, -0.25) is 9.59 Å². The van der Waals surface area contributed by atoms with E-state index in [1.807, 2.05) is 20.8 Å². The summed E-state index contributed by atoms with van der Waals surface area (Å²) in [6.07, 6.45) is 2.17. The normalized spacial score (nSPS) is 14.4. The van der Waals surface area contributed by atoms with Crippen LogP contribution in [0.3, 0.4) is 0 Å². The molecule has 4 nitrogen and oxygen atoms in total. The highest BCUT2D eigenvalue weighted by atomic mass is 16.5. The van der Waals surface area contributed by atoms with Crippen molar-refractivity contribution in [3.8, 4) is 5.75 Å². The summed E-state index contributed by atoms with van der Waals surface area (Å²) < 4.78 is 11.3. The highest BCUT2D eigenvalue weighted by Crippen LogP contribution is 2.41. The van der Waals surface area contributed by atoms with E-state index in [1.54, 1.807) is 0 Å². The Kier molecular flexibility index (Phi) is 3.12. The fourth-order valence-corrected chi connectivity index (χ4v) is 3.14. The second kappa shape index (κ2) is 4.72. The molecule has 1 aromatic heterocycles. The van der Waals surface area contributed by atoms with E-state index in [4.69, 9.17) is 9.15 Å². The average molecular weight is 286 g/mol. The molecule has 0 radical (unpaired) electrons. The lowest BCUT2D eigenvalue weighted by atomic mass is 9.91. The van der Waals surface area contributed by atoms with E-state index in [9.17, 15) is 9.59 Å². The van der Waals surface area contributed by atoms with Crippen LogP contribution < -0.4 is 4.74 Å². The summed E-state index contributed by atoms with van der Waals surface area (Å²) in [6, 6.07) is 0. The number of furan rings is 1. The van der Waals surface area contributed by atoms with Crippen LogP contribution in [0.25, 0.3) is 11.0 Å². The van der Waals surface area contributed by atoms with Crippen LogP contribution >= 0.6 is 0 Å². The molecule has 4 heteroatoms. The van der Waals surface area contributed by atoms with Gasteiger partial charge in [0.25, 0.3) is 0 Å². The van der Waals surface area contributed by atoms with Gasteiger partial charge in [-0.1, -0.05) is 0 Å². The summed E-state index contributed by atoms with van der Waals surface area (Å²) in [5.41, 5.74) is 4.05. The van der Waals surface area contributed by atoms with Crippen molar-refractivity contribution in [3.05, 3.63) is 28.0 Å². The van der Waals surface area contributed by atoms with Gasteiger partial charge in [-0.05, 0) is 38.3 Å². The minimum atomic E-state index is -0.358. The quantitative estimate of drug-likeness (QED) is 0.591. The van der Waals surface area contributed by atoms with E-state index < -0.39 is 0 Å². The maximum absolute atomic E-state index is 12.3. The Morgan fingerprint density at radius 3 is 2.48 bits per heavy atom. The second-order valence-corrected chi connectivity index (χ2v) is 5.68. The van der Waals surface area contributed by atoms with Gasteiger partial charge in [0.05, 0.1) is 5.56 Å². The largest absolute Gasteiger partial charge is 0.460 e. The van der Waals surface area contributed by atoms with E-state index in [-0.39, 0.29) is 11.8 Å². The number of hydrogen-bond acceptors (Lipinski definition) is 4. The highest BCUT2D eigenvalue weighted by Gasteiger charge is 2.28. The van der Waals surface area contributed by atoms with Crippen LogP contribution in [-0.2, 0) is 11.2 Å². The summed E-state index contributed by atoms with van der Waals surface area (Å²) in [6.45, 7) is 7.10. The van der Waals surface area contributed by atoms with Crippen molar-refractivity contribution in [2.75, 3.05) is 0 Å². The minimum Gasteiger partial charge on any atom is -0.460 e. The third kappa shape index (κ3) is 1.97. The number of benzene rings is 1. The lowest BCUT2D eigenvalue weighted by Crippen LogP contribution is -2.10. The number of rotatable bonds is 1. The topological polar surface area (TPSA) is 56.5 Å². The SMILES string of the molecule is CC(=O)Oc1c(C)c(C)c2oc3c(c2c1C)C(=O)CCC3. The molecule has 0 saturated carbocycles. The van der Waals surface area contributed by atoms with Crippen molar-refractivity contribution in [3.63, 3.8) is 0 Å². The smallest absolute Gasteiger partial charge is 0.308 e. The standard InChI is InChI=1S/C17H18O4/c1-8-9(2)17-14(10(3)16(8)20-11(4)18)15-12(19)6-5-7-13(15)21-17/h5-7H2,1-4H3. The van der Waals surface area contributed by atoms with Crippen LogP contribution in [0, 0.1) is 20.8 Å². The predicted octanol–water partition coefficient (Wildman–Crippen LogP) is 3.80. The van der Waals surface area contributed by atoms with Crippen LogP contribution in [0.5, 0.6) is 5.75 Å². The Hall–Kier alpha value is -2.10. The molecule has 0 unspecified atom stereocenters. The summed E-state index contributed by atoms with van der Waals surface area (Å²) in [7, 11) is 0. The Bertz CT molecular complexity index is 780. The van der Waals surface area contributed by atoms with Crippen molar-refractivity contribution in [1.82, 2.24) is 0 Å². The van der Waals surface area contributed by atoms with Gasteiger partial charge in [-0.25, -0.2) is 0 Å². The van der Waals surface area contributed by atoms with Crippen LogP contribution in [0.4, 0.5) is 0 Å². The fraction of sp³-hybridized carbons (Fsp3) is 0.412. The predicted molar refractivity (Wildman–Crippen MR) is 79.0 cm³/mol. The number of fused-ring (bicyclic) bond motifs is 3. The molecule has 0 N–H and O–H groups in total. The van der Waals surface area contributed by atoms with Crippen molar-refractivity contribution in [2.24, 2.45) is 0 Å². The van der Waals surface area contributed by atoms with Gasteiger partial charge in [0.1, 0.15) is 17.1 Å². The molecule has 0 bridgehead atoms. The molecule has 0 atom stereocenters. The Balaban J connectivity index is 2.40. The summed E-state index contributed by atoms with van der Waals surface area (Å²) in [4.78, 5) is 23.6. The zero-order valence-electron chi connectivity index (χ0n) is 12.8. The zero-order chi connectivity index (χ0) is 15.3. The summed E-state index contributed by atoms with van der Waals surface area (Å²) in [5, 5.41) is 0.814. The molecule has 1 aliphatic rings. The van der Waals surface area contributed by atoms with E-state index in [0.717, 1.165) is 46.3 Å². The summed E-state index contributed by atoms with van der Waals surface area (Å²) >= 11 is 0. The third-order valence-corrected chi connectivity index (χ3v) is 4.27. The number of carbonyl (C=O) groups excluding carboxylic acids is 2. The molecule has 1 heterocycles. The monoisotopic (exact) mass is 286 g/mol. The molecule has 0 fully saturated rings. The van der Waals surface area contributed by atoms with Gasteiger partial charge in [-0.15, -0.1) is 0 Å². The van der Waals surface area contributed by atoms with Crippen molar-refractivity contribution < 1.29 is 18.7 Å². The number of aryl methyl sites for hydroxylation is 3. The number of carbonyl (C=O) groups is 2. The molecule has 0 amide bonds. The van der Waals surface area contributed by atoms with Gasteiger partial charge in [0.2, 0.25) is 0 Å². The zero-order valence-corrected chi connectivity index (χ0v) is 12.8. The highest BCUT2D eigenvalue weighted by molar-refractivity contribution is 6.11. The van der Waals surface area contributed by atoms with Crippen LogP contribution in [0.1, 0.15) is 52.6 Å². The van der Waals surface area contributed by atoms with Crippen molar-refractivity contribution in [1.29, 1.82) is 0 Å². The van der Waals surface area contributed by atoms with Gasteiger partial charge in [-0.2, -0.15) is 0 Å². The maximum atomic E-state index is 12.3. The molecule has 0 saturated heterocycles. The molecule has 1 aliphatic carbocycles. The van der Waals surface area contributed by atoms with E-state index in [2.05, 4.69) is 0 Å². The van der Waals surface area contributed by atoms with Gasteiger partial charge < -0.3 is 9.15 Å². The molecule has 1 aromatic carbocycles. The average Bonchev–Trinajstić information content (AvgIpc) is 2.82. The van der Waals surface area contributed by atoms with Gasteiger partial charge >= 0.3 is 5.97 Å². The molecule has 0 aliphatic heterocycles. The molecule has 21 heavy (non-hydrogen) atoms. The first-order valence-electron chi connectivity index (χ1n) is 7.18. The number of hydrogen-bond donors (Lipinski definition) is 0. The molecule has 0 spiro atoms. The molecule has 110 valence electrons. The second-order valence-electron chi connectivity index (χ2n) is 5.68. The van der Waals surface area contributed by atoms with Gasteiger partial charge in [0, 0.05) is 30.7 Å². The molecule has 2 aromatic rings. The van der Waals surface area contributed by atoms with Crippen LogP contribution in [-0.4, -0.2) is 11.8 Å². The van der Waals surface area contributed by atoms with E-state index in [1.165, 1.54) is 6.92 Å². The lowest BCUT2D eigenvalue weighted by Gasteiger charge is -2.14. The Labute approximate surface area is 123 Å². The minimum absolute atomic E-state index is 0.120. The number of Topliss-reactive ketones (excluding diaryl/α,β-unsaturated/α-hetero) is 1. The molecular weight excluding hydrogens is 268 g/mol. The first kappa shape index (κ1) is 13.9. The number of esters is 1. The molecule has 3 rings (SSSR count). The Morgan fingerprint density at radius 1 is 1.10 bits per heavy atom. The molecular formula is C17H18O4. The van der Waals surface area contributed by atoms with Crippen molar-refractivity contribution in [2.45, 2.75) is 47.0 Å². The first-order chi connectivity index (χ1) is 9.91. The van der Waals surface area contributed by atoms with Crippen LogP contribution in [0.2, 0.25) is 0 Å². The lowest BCUT2D eigenvalue weighted by molar-refractivity contribution is -0.131.